The number of hydrogen-bond acceptors (Lipinski definition) is 4. The molecule has 0 bridgehead atoms. The third-order valence-corrected chi connectivity index (χ3v) is 5.35. The van der Waals surface area contributed by atoms with Crippen LogP contribution in [0.4, 0.5) is 9.39 Å². The van der Waals surface area contributed by atoms with Crippen molar-refractivity contribution >= 4 is 22.3 Å². The number of aliphatic hydroxyl groups excluding tert-OH is 1. The summed E-state index contributed by atoms with van der Waals surface area (Å²) in [5, 5.41) is 16.0. The van der Waals surface area contributed by atoms with Crippen molar-refractivity contribution in [1.29, 1.82) is 0 Å². The van der Waals surface area contributed by atoms with Crippen molar-refractivity contribution in [1.82, 2.24) is 10.2 Å². The molecule has 0 atom stereocenters. The highest BCUT2D eigenvalue weighted by molar-refractivity contribution is 7.14. The van der Waals surface area contributed by atoms with Crippen LogP contribution in [0.1, 0.15) is 18.1 Å². The molecule has 0 amide bonds. The van der Waals surface area contributed by atoms with Crippen molar-refractivity contribution in [3.8, 4) is 0 Å². The van der Waals surface area contributed by atoms with Gasteiger partial charge in [0, 0.05) is 38.3 Å². The van der Waals surface area contributed by atoms with Crippen LogP contribution in [0.15, 0.2) is 40.7 Å². The third-order valence-electron chi connectivity index (χ3n) is 4.42. The van der Waals surface area contributed by atoms with E-state index in [-0.39, 0.29) is 12.4 Å². The number of benzene rings is 1. The Morgan fingerprint density at radius 3 is 2.73 bits per heavy atom. The van der Waals surface area contributed by atoms with Gasteiger partial charge >= 0.3 is 0 Å². The van der Waals surface area contributed by atoms with Gasteiger partial charge in [0.1, 0.15) is 5.82 Å². The van der Waals surface area contributed by atoms with E-state index in [4.69, 9.17) is 4.99 Å². The Morgan fingerprint density at radius 1 is 1.27 bits per heavy atom. The number of aliphatic hydroxyl groups is 1. The summed E-state index contributed by atoms with van der Waals surface area (Å²) in [5.41, 5.74) is 1.20. The third kappa shape index (κ3) is 4.53. The number of nitrogens with one attached hydrogen (secondary N) is 1. The van der Waals surface area contributed by atoms with Crippen molar-refractivity contribution in [3.63, 3.8) is 0 Å². The molecule has 1 aliphatic rings. The molecular weight excluding hydrogens is 351 g/mol. The lowest BCUT2D eigenvalue weighted by molar-refractivity contribution is 0.275. The first kappa shape index (κ1) is 18.7. The molecule has 26 heavy (non-hydrogen) atoms. The van der Waals surface area contributed by atoms with E-state index in [1.165, 1.54) is 11.1 Å². The smallest absolute Gasteiger partial charge is 0.194 e. The van der Waals surface area contributed by atoms with Crippen LogP contribution in [0.3, 0.4) is 0 Å². The minimum absolute atomic E-state index is 0.297. The van der Waals surface area contributed by atoms with E-state index in [1.54, 1.807) is 23.5 Å². The van der Waals surface area contributed by atoms with Crippen LogP contribution in [-0.4, -0.2) is 48.7 Å². The van der Waals surface area contributed by atoms with Gasteiger partial charge in [-0.3, -0.25) is 0 Å². The van der Waals surface area contributed by atoms with Gasteiger partial charge in [-0.1, -0.05) is 6.07 Å². The second kappa shape index (κ2) is 9.00. The SMILES string of the molecule is CCNC(=NCc1ccc(F)c(CO)c1)N1CCN(c2cccs2)CC1. The van der Waals surface area contributed by atoms with E-state index in [9.17, 15) is 9.50 Å². The summed E-state index contributed by atoms with van der Waals surface area (Å²) in [5.74, 6) is 0.505. The molecule has 2 heterocycles. The van der Waals surface area contributed by atoms with Crippen LogP contribution in [0.25, 0.3) is 0 Å². The molecule has 0 saturated carbocycles. The first-order chi connectivity index (χ1) is 12.7. The van der Waals surface area contributed by atoms with Gasteiger partial charge in [0.25, 0.3) is 0 Å². The predicted octanol–water partition coefficient (Wildman–Crippen LogP) is 2.67. The summed E-state index contributed by atoms with van der Waals surface area (Å²) < 4.78 is 13.5. The Kier molecular flexibility index (Phi) is 6.46. The van der Waals surface area contributed by atoms with Gasteiger partial charge in [-0.05, 0) is 42.1 Å². The second-order valence-electron chi connectivity index (χ2n) is 6.18. The van der Waals surface area contributed by atoms with Gasteiger partial charge < -0.3 is 20.2 Å². The number of thiophene rings is 1. The Hall–Kier alpha value is -2.12. The van der Waals surface area contributed by atoms with Crippen LogP contribution < -0.4 is 10.2 Å². The fraction of sp³-hybridized carbons (Fsp3) is 0.421. The number of rotatable bonds is 5. The minimum atomic E-state index is -0.378. The lowest BCUT2D eigenvalue weighted by Gasteiger charge is -2.37. The first-order valence-electron chi connectivity index (χ1n) is 8.91. The Bertz CT molecular complexity index is 727. The Morgan fingerprint density at radius 2 is 2.08 bits per heavy atom. The average Bonchev–Trinajstić information content (AvgIpc) is 3.21. The number of hydrogen-bond donors (Lipinski definition) is 2. The van der Waals surface area contributed by atoms with Crippen molar-refractivity contribution < 1.29 is 9.50 Å². The molecule has 140 valence electrons. The highest BCUT2D eigenvalue weighted by Gasteiger charge is 2.20. The van der Waals surface area contributed by atoms with E-state index in [1.807, 2.05) is 0 Å². The first-order valence-corrected chi connectivity index (χ1v) is 9.79. The van der Waals surface area contributed by atoms with Gasteiger partial charge in [0.05, 0.1) is 18.2 Å². The Labute approximate surface area is 157 Å². The van der Waals surface area contributed by atoms with Gasteiger partial charge in [0.2, 0.25) is 0 Å². The molecule has 7 heteroatoms. The number of nitrogens with zero attached hydrogens (tertiary/aromatic N) is 3. The van der Waals surface area contributed by atoms with Crippen LogP contribution in [0.5, 0.6) is 0 Å². The molecule has 1 saturated heterocycles. The number of guanidine groups is 1. The summed E-state index contributed by atoms with van der Waals surface area (Å²) in [7, 11) is 0. The highest BCUT2D eigenvalue weighted by Crippen LogP contribution is 2.22. The standard InChI is InChI=1S/C19H25FN4OS/c1-2-21-19(22-13-15-5-6-17(20)16(12-15)14-25)24-9-7-23(8-10-24)18-4-3-11-26-18/h3-6,11-12,25H,2,7-10,13-14H2,1H3,(H,21,22). The monoisotopic (exact) mass is 376 g/mol. The van der Waals surface area contributed by atoms with Crippen molar-refractivity contribution in [3.05, 3.63) is 52.7 Å². The van der Waals surface area contributed by atoms with Crippen LogP contribution in [0, 0.1) is 5.82 Å². The molecule has 2 aromatic rings. The fourth-order valence-corrected chi connectivity index (χ4v) is 3.81. The molecule has 1 fully saturated rings. The van der Waals surface area contributed by atoms with Gasteiger partial charge in [-0.2, -0.15) is 0 Å². The molecule has 5 nitrogen and oxygen atoms in total. The van der Waals surface area contributed by atoms with Crippen LogP contribution in [0.2, 0.25) is 0 Å². The predicted molar refractivity (Wildman–Crippen MR) is 105 cm³/mol. The summed E-state index contributed by atoms with van der Waals surface area (Å²) in [6.07, 6.45) is 0. The zero-order chi connectivity index (χ0) is 18.4. The topological polar surface area (TPSA) is 51.1 Å². The highest BCUT2D eigenvalue weighted by atomic mass is 32.1. The Balaban J connectivity index is 1.64. The quantitative estimate of drug-likeness (QED) is 0.622. The summed E-state index contributed by atoms with van der Waals surface area (Å²) in [6.45, 7) is 6.78. The molecule has 2 N–H and O–H groups in total. The van der Waals surface area contributed by atoms with E-state index >= 15 is 0 Å². The molecule has 1 aromatic carbocycles. The lowest BCUT2D eigenvalue weighted by atomic mass is 10.1. The summed E-state index contributed by atoms with van der Waals surface area (Å²) >= 11 is 1.77. The van der Waals surface area contributed by atoms with Crippen LogP contribution in [-0.2, 0) is 13.2 Å². The van der Waals surface area contributed by atoms with Crippen LogP contribution >= 0.6 is 11.3 Å². The minimum Gasteiger partial charge on any atom is -0.392 e. The maximum Gasteiger partial charge on any atom is 0.194 e. The maximum absolute atomic E-state index is 13.5. The molecule has 1 aromatic heterocycles. The van der Waals surface area contributed by atoms with E-state index in [2.05, 4.69) is 39.6 Å². The van der Waals surface area contributed by atoms with Crippen molar-refractivity contribution in [2.45, 2.75) is 20.1 Å². The molecule has 0 unspecified atom stereocenters. The summed E-state index contributed by atoms with van der Waals surface area (Å²) in [4.78, 5) is 9.38. The number of halogens is 1. The molecule has 1 aliphatic heterocycles. The van der Waals surface area contributed by atoms with E-state index < -0.39 is 0 Å². The second-order valence-corrected chi connectivity index (χ2v) is 7.11. The molecular formula is C19H25FN4OS. The number of anilines is 1. The van der Waals surface area contributed by atoms with Crippen molar-refractivity contribution in [2.24, 2.45) is 4.99 Å². The van der Waals surface area contributed by atoms with Gasteiger partial charge in [-0.25, -0.2) is 9.38 Å². The fourth-order valence-electron chi connectivity index (χ4n) is 3.03. The normalized spacial score (nSPS) is 15.4. The number of piperazine rings is 1. The van der Waals surface area contributed by atoms with Gasteiger partial charge in [0.15, 0.2) is 5.96 Å². The molecule has 0 aliphatic carbocycles. The summed E-state index contributed by atoms with van der Waals surface area (Å²) in [6, 6.07) is 9.03. The molecule has 0 radical (unpaired) electrons. The zero-order valence-electron chi connectivity index (χ0n) is 15.0. The van der Waals surface area contributed by atoms with Gasteiger partial charge in [-0.15, -0.1) is 11.3 Å². The largest absolute Gasteiger partial charge is 0.392 e. The van der Waals surface area contributed by atoms with E-state index in [0.29, 0.717) is 12.1 Å². The van der Waals surface area contributed by atoms with E-state index in [0.717, 1.165) is 44.2 Å². The zero-order valence-corrected chi connectivity index (χ0v) is 15.8. The molecule has 0 spiro atoms. The number of aliphatic imine (C=N–C) groups is 1. The average molecular weight is 377 g/mol. The lowest BCUT2D eigenvalue weighted by Crippen LogP contribution is -2.52. The van der Waals surface area contributed by atoms with Crippen molar-refractivity contribution in [2.75, 3.05) is 37.6 Å². The maximum atomic E-state index is 13.5. The molecule has 3 rings (SSSR count).